The summed E-state index contributed by atoms with van der Waals surface area (Å²) in [6, 6.07) is 17.6. The Morgan fingerprint density at radius 3 is 2.36 bits per heavy atom. The molecule has 1 aliphatic heterocycles. The molecule has 0 spiro atoms. The van der Waals surface area contributed by atoms with Crippen molar-refractivity contribution in [3.05, 3.63) is 131 Å². The molecule has 0 saturated carbocycles. The fourth-order valence-electron chi connectivity index (χ4n) is 8.25. The first-order chi connectivity index (χ1) is 34.5. The number of aliphatic hydroxyl groups excluding tert-OH is 1. The Morgan fingerprint density at radius 1 is 0.917 bits per heavy atom. The van der Waals surface area contributed by atoms with E-state index >= 15 is 0 Å². The molecule has 4 heterocycles. The van der Waals surface area contributed by atoms with E-state index in [9.17, 15) is 37.9 Å². The van der Waals surface area contributed by atoms with E-state index in [1.807, 2.05) is 35.8 Å². The van der Waals surface area contributed by atoms with Gasteiger partial charge in [0.05, 0.1) is 28.7 Å². The maximum atomic E-state index is 14.2. The second-order valence-electron chi connectivity index (χ2n) is 18.6. The van der Waals surface area contributed by atoms with Crippen molar-refractivity contribution in [3.63, 3.8) is 0 Å². The predicted molar refractivity (Wildman–Crippen MR) is 265 cm³/mol. The summed E-state index contributed by atoms with van der Waals surface area (Å²) >= 11 is 1.55. The average molecular weight is 1010 g/mol. The molecule has 1 fully saturated rings. The van der Waals surface area contributed by atoms with Crippen LogP contribution in [0.4, 0.5) is 14.5 Å². The minimum Gasteiger partial charge on any atom is -0.391 e. The highest BCUT2D eigenvalue weighted by Crippen LogP contribution is 2.29. The zero-order chi connectivity index (χ0) is 51.5. The molecule has 0 radical (unpaired) electrons. The van der Waals surface area contributed by atoms with Gasteiger partial charge in [-0.25, -0.2) is 23.7 Å². The molecule has 18 nitrogen and oxygen atoms in total. The van der Waals surface area contributed by atoms with E-state index in [0.29, 0.717) is 42.5 Å². The lowest BCUT2D eigenvalue weighted by atomic mass is 9.85. The molecule has 5 amide bonds. The number of rotatable bonds is 20. The molecule has 378 valence electrons. The van der Waals surface area contributed by atoms with Gasteiger partial charge in [-0.1, -0.05) is 57.2 Å². The third kappa shape index (κ3) is 13.3. The van der Waals surface area contributed by atoms with Crippen molar-refractivity contribution in [1.82, 2.24) is 55.5 Å². The van der Waals surface area contributed by atoms with Gasteiger partial charge in [0.1, 0.15) is 35.7 Å². The van der Waals surface area contributed by atoms with Gasteiger partial charge in [0.15, 0.2) is 11.6 Å². The average Bonchev–Trinajstić information content (AvgIpc) is 4.11. The molecule has 3 aromatic heterocycles. The smallest absolute Gasteiger partial charge is 0.251 e. The molecule has 6 aromatic rings. The van der Waals surface area contributed by atoms with Crippen LogP contribution in [0.5, 0.6) is 0 Å². The van der Waals surface area contributed by atoms with Crippen molar-refractivity contribution in [2.24, 2.45) is 5.41 Å². The molecule has 1 aliphatic rings. The summed E-state index contributed by atoms with van der Waals surface area (Å²) in [4.78, 5) is 84.0. The predicted octanol–water partition coefficient (Wildman–Crippen LogP) is 5.43. The number of aliphatic hydroxyl groups is 1. The zero-order valence-corrected chi connectivity index (χ0v) is 41.5. The minimum atomic E-state index is -1.05. The number of nitrogens with zero attached hydrogens (tertiary/aromatic N) is 8. The Kier molecular flexibility index (Phi) is 17.1. The van der Waals surface area contributed by atoms with Gasteiger partial charge in [-0.05, 0) is 66.3 Å². The first-order valence-electron chi connectivity index (χ1n) is 23.5. The van der Waals surface area contributed by atoms with Crippen molar-refractivity contribution < 1.29 is 37.9 Å². The largest absolute Gasteiger partial charge is 0.391 e. The van der Waals surface area contributed by atoms with Crippen LogP contribution in [0.25, 0.3) is 22.0 Å². The molecule has 72 heavy (non-hydrogen) atoms. The third-order valence-corrected chi connectivity index (χ3v) is 13.3. The molecule has 21 heteroatoms. The van der Waals surface area contributed by atoms with Crippen LogP contribution in [0, 0.1) is 24.0 Å². The topological polar surface area (TPSA) is 230 Å². The number of nitrogens with one attached hydrogen (secondary N) is 4. The van der Waals surface area contributed by atoms with E-state index < -0.39 is 58.9 Å². The van der Waals surface area contributed by atoms with Gasteiger partial charge in [0, 0.05) is 82.0 Å². The fraction of sp³-hybridized carbons (Fsp3) is 0.373. The van der Waals surface area contributed by atoms with Crippen LogP contribution in [0.15, 0.2) is 90.8 Å². The summed E-state index contributed by atoms with van der Waals surface area (Å²) in [7, 11) is 1.64. The van der Waals surface area contributed by atoms with E-state index in [-0.39, 0.29) is 62.5 Å². The van der Waals surface area contributed by atoms with Crippen LogP contribution in [-0.4, -0.2) is 112 Å². The highest BCUT2D eigenvalue weighted by atomic mass is 32.1. The molecule has 1 saturated heterocycles. The first kappa shape index (κ1) is 52.3. The number of hydrogen-bond acceptors (Lipinski definition) is 13. The van der Waals surface area contributed by atoms with Crippen LogP contribution >= 0.6 is 11.3 Å². The van der Waals surface area contributed by atoms with Crippen LogP contribution in [-0.2, 0) is 45.4 Å². The lowest BCUT2D eigenvalue weighted by Gasteiger charge is -2.35. The summed E-state index contributed by atoms with van der Waals surface area (Å²) in [5.74, 6) is -2.75. The number of aromatic nitrogens is 6. The van der Waals surface area contributed by atoms with Gasteiger partial charge in [-0.15, -0.1) is 21.5 Å². The second-order valence-corrected chi connectivity index (χ2v) is 19.5. The van der Waals surface area contributed by atoms with Gasteiger partial charge in [0.25, 0.3) is 5.91 Å². The maximum absolute atomic E-state index is 14.2. The number of carbonyl (C=O) groups is 5. The number of benzene rings is 3. The quantitative estimate of drug-likeness (QED) is 0.0646. The van der Waals surface area contributed by atoms with E-state index in [1.54, 1.807) is 81.2 Å². The summed E-state index contributed by atoms with van der Waals surface area (Å²) < 4.78 is 30.1. The maximum Gasteiger partial charge on any atom is 0.251 e. The van der Waals surface area contributed by atoms with E-state index in [1.165, 1.54) is 22.2 Å². The summed E-state index contributed by atoms with van der Waals surface area (Å²) in [5.41, 5.74) is 4.96. The highest BCUT2D eigenvalue weighted by molar-refractivity contribution is 7.13. The third-order valence-electron chi connectivity index (χ3n) is 12.3. The number of amides is 5. The van der Waals surface area contributed by atoms with E-state index in [0.717, 1.165) is 33.8 Å². The van der Waals surface area contributed by atoms with Gasteiger partial charge < -0.3 is 40.7 Å². The lowest BCUT2D eigenvalue weighted by Crippen LogP contribution is -2.57. The number of β-amino-alcohol motifs (C(OH)–C–C–N with tert-alkyl or cyclic N) is 1. The monoisotopic (exact) mass is 1000 g/mol. The highest BCUT2D eigenvalue weighted by Gasteiger charge is 2.44. The Balaban J connectivity index is 0.905. The van der Waals surface area contributed by atoms with Crippen molar-refractivity contribution in [3.8, 4) is 22.0 Å². The molecule has 3 atom stereocenters. The van der Waals surface area contributed by atoms with Crippen LogP contribution < -0.4 is 21.3 Å². The molecule has 5 N–H and O–H groups in total. The van der Waals surface area contributed by atoms with Crippen molar-refractivity contribution >= 4 is 46.6 Å². The minimum absolute atomic E-state index is 0.0489. The fourth-order valence-corrected chi connectivity index (χ4v) is 9.06. The number of halogens is 2. The Morgan fingerprint density at radius 2 is 1.67 bits per heavy atom. The molecule has 1 unspecified atom stereocenters. The zero-order valence-electron chi connectivity index (χ0n) is 40.7. The van der Waals surface area contributed by atoms with Gasteiger partial charge in [0.2, 0.25) is 23.6 Å². The van der Waals surface area contributed by atoms with Crippen LogP contribution in [0.1, 0.15) is 79.5 Å². The second kappa shape index (κ2) is 23.6. The molecule has 0 bridgehead atoms. The lowest BCUT2D eigenvalue weighted by molar-refractivity contribution is -0.144. The van der Waals surface area contributed by atoms with Crippen LogP contribution in [0.3, 0.4) is 0 Å². The molecular formula is C51H58F2N12O6S. The standard InChI is InChI=1S/C51H58F2N12O6S/c1-31-45(72-30-59-31)33-15-13-32(14-16-33)25-56-49(70)41-24-36(66)28-65(41)50(71)46(51(2,3)4)60-43(67)17-18-44(68)63(5)21-8-22-64-42(61-62-47(64)40-19-20-54-29-58-40)27-55-35-10-6-9-34(23-35)48(69)57-26-37-38(52)11-7-12-39(37)53/h6-7,9-16,19-20,23,29-30,36,41,46,55,66H,8,17-18,21-22,24-28H2,1-5H3,(H,56,70)(H,57,69)(H,60,67)/t36-,41?,46-/m1/s1. The molecule has 3 aromatic carbocycles. The summed E-state index contributed by atoms with van der Waals surface area (Å²) in [6.45, 7) is 8.02. The summed E-state index contributed by atoms with van der Waals surface area (Å²) in [5, 5.41) is 31.0. The van der Waals surface area contributed by atoms with Crippen molar-refractivity contribution in [2.75, 3.05) is 25.5 Å². The van der Waals surface area contributed by atoms with E-state index in [2.05, 4.69) is 46.4 Å². The number of likely N-dealkylation sites (tertiary alicyclic amines) is 1. The van der Waals surface area contributed by atoms with Gasteiger partial charge >= 0.3 is 0 Å². The van der Waals surface area contributed by atoms with Gasteiger partial charge in [-0.3, -0.25) is 24.0 Å². The van der Waals surface area contributed by atoms with Crippen molar-refractivity contribution in [1.29, 1.82) is 0 Å². The SMILES string of the molecule is Cc1ncsc1-c1ccc(CNC(=O)C2C[C@@H](O)CN2C(=O)[C@@H](NC(=O)CCC(=O)N(C)CCCn2c(CNc3cccc(C(=O)NCc4c(F)cccc4F)c3)nnc2-c2ccncn2)C(C)(C)C)cc1. The number of hydrogen-bond donors (Lipinski definition) is 5. The molecular weight excluding hydrogens is 947 g/mol. The number of anilines is 1. The summed E-state index contributed by atoms with van der Waals surface area (Å²) in [6.07, 6.45) is 2.24. The number of carbonyl (C=O) groups excluding carboxylic acids is 5. The van der Waals surface area contributed by atoms with Crippen molar-refractivity contribution in [2.45, 2.75) is 97.7 Å². The Labute approximate surface area is 419 Å². The Hall–Kier alpha value is -7.52. The number of aryl methyl sites for hydroxylation is 1. The molecule has 7 rings (SSSR count). The normalized spacial score (nSPS) is 14.9. The van der Waals surface area contributed by atoms with Gasteiger partial charge in [-0.2, -0.15) is 0 Å². The van der Waals surface area contributed by atoms with Crippen LogP contribution in [0.2, 0.25) is 0 Å². The Bertz CT molecular complexity index is 2850. The molecule has 0 aliphatic carbocycles. The van der Waals surface area contributed by atoms with E-state index in [4.69, 9.17) is 0 Å². The number of thiazole rings is 1. The first-order valence-corrected chi connectivity index (χ1v) is 24.4.